The summed E-state index contributed by atoms with van der Waals surface area (Å²) in [4.78, 5) is 11.9. The van der Waals surface area contributed by atoms with Crippen LogP contribution in [-0.4, -0.2) is 35.3 Å². The highest BCUT2D eigenvalue weighted by Gasteiger charge is 2.64. The number of carboxylic acid groups (broad SMARTS) is 1. The Bertz CT molecular complexity index is 1230. The summed E-state index contributed by atoms with van der Waals surface area (Å²) in [6.07, 6.45) is -4.75. The van der Waals surface area contributed by atoms with Gasteiger partial charge >= 0.3 is 12.1 Å². The van der Waals surface area contributed by atoms with Crippen LogP contribution in [0, 0.1) is 6.92 Å². The van der Waals surface area contributed by atoms with Crippen LogP contribution in [0.3, 0.4) is 0 Å². The van der Waals surface area contributed by atoms with E-state index in [-0.39, 0.29) is 21.2 Å². The minimum Gasteiger partial charge on any atom is -0.480 e. The number of sulfonamides is 1. The molecule has 4 rings (SSSR count). The third-order valence-electron chi connectivity index (χ3n) is 4.55. The van der Waals surface area contributed by atoms with Gasteiger partial charge in [-0.25, -0.2) is 8.42 Å². The predicted molar refractivity (Wildman–Crippen MR) is 94.1 cm³/mol. The van der Waals surface area contributed by atoms with Crippen molar-refractivity contribution in [2.75, 3.05) is 0 Å². The molecule has 30 heavy (non-hydrogen) atoms. The summed E-state index contributed by atoms with van der Waals surface area (Å²) in [7, 11) is -4.29. The number of carboxylic acids is 1. The van der Waals surface area contributed by atoms with Crippen LogP contribution in [-0.2, 0) is 21.0 Å². The molecule has 0 aliphatic heterocycles. The van der Waals surface area contributed by atoms with E-state index in [9.17, 15) is 31.5 Å². The SMILES string of the molecule is Cc1cc([C@@H]2C[C@]2(NS(=O)(=O)c2ccc(-c3cc(C(F)(F)F)on3)s2)C(=O)O)no1. The zero-order valence-electron chi connectivity index (χ0n) is 14.9. The fourth-order valence-electron chi connectivity index (χ4n) is 2.98. The van der Waals surface area contributed by atoms with Crippen LogP contribution in [0.5, 0.6) is 0 Å². The van der Waals surface area contributed by atoms with Crippen LogP contribution in [0.15, 0.2) is 37.5 Å². The fourth-order valence-corrected chi connectivity index (χ4v) is 5.64. The van der Waals surface area contributed by atoms with Crippen molar-refractivity contribution in [1.29, 1.82) is 0 Å². The first-order chi connectivity index (χ1) is 13.9. The lowest BCUT2D eigenvalue weighted by Gasteiger charge is -2.13. The smallest absolute Gasteiger partial charge is 0.452 e. The number of aromatic nitrogens is 2. The number of carbonyl (C=O) groups is 1. The highest BCUT2D eigenvalue weighted by Crippen LogP contribution is 2.52. The van der Waals surface area contributed by atoms with Gasteiger partial charge in [0.2, 0.25) is 5.76 Å². The predicted octanol–water partition coefficient (Wildman–Crippen LogP) is 3.01. The lowest BCUT2D eigenvalue weighted by molar-refractivity contribution is -0.155. The van der Waals surface area contributed by atoms with E-state index in [2.05, 4.69) is 19.6 Å². The molecule has 9 nitrogen and oxygen atoms in total. The van der Waals surface area contributed by atoms with Gasteiger partial charge in [-0.1, -0.05) is 10.3 Å². The molecule has 0 saturated heterocycles. The topological polar surface area (TPSA) is 136 Å². The van der Waals surface area contributed by atoms with Gasteiger partial charge < -0.3 is 14.2 Å². The van der Waals surface area contributed by atoms with E-state index in [0.717, 1.165) is 6.07 Å². The molecule has 1 aliphatic carbocycles. The maximum absolute atomic E-state index is 12.8. The second-order valence-electron chi connectivity index (χ2n) is 6.69. The van der Waals surface area contributed by atoms with Gasteiger partial charge in [0.15, 0.2) is 0 Å². The van der Waals surface area contributed by atoms with Crippen molar-refractivity contribution in [2.24, 2.45) is 0 Å². The summed E-state index contributed by atoms with van der Waals surface area (Å²) < 4.78 is 74.5. The van der Waals surface area contributed by atoms with Gasteiger partial charge in [-0.05, 0) is 25.5 Å². The number of nitrogens with zero attached hydrogens (tertiary/aromatic N) is 2. The molecule has 3 aromatic rings. The van der Waals surface area contributed by atoms with Crippen LogP contribution in [0.4, 0.5) is 13.2 Å². The number of alkyl halides is 3. The van der Waals surface area contributed by atoms with Crippen molar-refractivity contribution in [2.45, 2.75) is 35.2 Å². The van der Waals surface area contributed by atoms with E-state index in [1.165, 1.54) is 12.1 Å². The van der Waals surface area contributed by atoms with E-state index >= 15 is 0 Å². The Morgan fingerprint density at radius 3 is 2.60 bits per heavy atom. The first-order valence-corrected chi connectivity index (χ1v) is 10.6. The maximum atomic E-state index is 12.8. The van der Waals surface area contributed by atoms with Crippen LogP contribution in [0.1, 0.15) is 29.6 Å². The molecular formula is C16H12F3N3O6S2. The number of aliphatic carboxylic acids is 1. The molecule has 0 aromatic carbocycles. The summed E-state index contributed by atoms with van der Waals surface area (Å²) in [6, 6.07) is 4.58. The third kappa shape index (κ3) is 3.50. The number of aryl methyl sites for hydroxylation is 1. The molecule has 0 radical (unpaired) electrons. The largest absolute Gasteiger partial charge is 0.480 e. The summed E-state index contributed by atoms with van der Waals surface area (Å²) in [6.45, 7) is 1.62. The monoisotopic (exact) mass is 463 g/mol. The summed E-state index contributed by atoms with van der Waals surface area (Å²) in [5, 5.41) is 16.7. The van der Waals surface area contributed by atoms with E-state index in [1.54, 1.807) is 6.92 Å². The van der Waals surface area contributed by atoms with E-state index in [4.69, 9.17) is 4.52 Å². The zero-order valence-corrected chi connectivity index (χ0v) is 16.6. The molecule has 1 aliphatic rings. The lowest BCUT2D eigenvalue weighted by atomic mass is 10.2. The molecule has 3 aromatic heterocycles. The molecule has 0 bridgehead atoms. The summed E-state index contributed by atoms with van der Waals surface area (Å²) >= 11 is 0.631. The lowest BCUT2D eigenvalue weighted by Crippen LogP contribution is -2.44. The summed E-state index contributed by atoms with van der Waals surface area (Å²) in [5.41, 5.74) is -1.67. The Labute approximate surface area is 170 Å². The average Bonchev–Trinajstić information content (AvgIpc) is 3.12. The maximum Gasteiger partial charge on any atom is 0.452 e. The van der Waals surface area contributed by atoms with E-state index in [1.807, 2.05) is 0 Å². The quantitative estimate of drug-likeness (QED) is 0.570. The normalized spacial score (nSPS) is 21.7. The highest BCUT2D eigenvalue weighted by atomic mass is 32.2. The van der Waals surface area contributed by atoms with Gasteiger partial charge in [0.05, 0.1) is 10.6 Å². The van der Waals surface area contributed by atoms with Gasteiger partial charge in [-0.2, -0.15) is 17.9 Å². The molecule has 14 heteroatoms. The Balaban J connectivity index is 1.58. The number of hydrogen-bond donors (Lipinski definition) is 2. The average molecular weight is 463 g/mol. The van der Waals surface area contributed by atoms with Gasteiger partial charge in [0.25, 0.3) is 10.0 Å². The fraction of sp³-hybridized carbons (Fsp3) is 0.312. The summed E-state index contributed by atoms with van der Waals surface area (Å²) in [5.74, 6) is -2.96. The van der Waals surface area contributed by atoms with Crippen LogP contribution in [0.25, 0.3) is 10.6 Å². The Morgan fingerprint density at radius 2 is 2.03 bits per heavy atom. The molecule has 2 atom stereocenters. The number of thiophene rings is 1. The molecule has 0 spiro atoms. The van der Waals surface area contributed by atoms with Gasteiger partial charge in [0.1, 0.15) is 21.2 Å². The van der Waals surface area contributed by atoms with Gasteiger partial charge in [0, 0.05) is 18.1 Å². The number of nitrogens with one attached hydrogen (secondary N) is 1. The van der Waals surface area contributed by atoms with Crippen LogP contribution >= 0.6 is 11.3 Å². The van der Waals surface area contributed by atoms with E-state index < -0.39 is 39.4 Å². The molecule has 1 saturated carbocycles. The molecule has 0 unspecified atom stereocenters. The second kappa shape index (κ2) is 6.65. The molecule has 0 amide bonds. The minimum absolute atomic E-state index is 0.0238. The van der Waals surface area contributed by atoms with Crippen molar-refractivity contribution in [1.82, 2.24) is 15.0 Å². The van der Waals surface area contributed by atoms with Crippen molar-refractivity contribution in [3.05, 3.63) is 41.5 Å². The van der Waals surface area contributed by atoms with Gasteiger partial charge in [-0.15, -0.1) is 11.3 Å². The molecule has 3 heterocycles. The molecule has 1 fully saturated rings. The first kappa shape index (κ1) is 20.6. The third-order valence-corrected chi connectivity index (χ3v) is 7.66. The molecular weight excluding hydrogens is 451 g/mol. The van der Waals surface area contributed by atoms with Crippen molar-refractivity contribution in [3.8, 4) is 10.6 Å². The minimum atomic E-state index is -4.73. The Kier molecular flexibility index (Phi) is 4.56. The second-order valence-corrected chi connectivity index (χ2v) is 9.69. The Hall–Kier alpha value is -2.71. The van der Waals surface area contributed by atoms with E-state index in [0.29, 0.717) is 28.9 Å². The van der Waals surface area contributed by atoms with Crippen LogP contribution < -0.4 is 4.72 Å². The van der Waals surface area contributed by atoms with Crippen molar-refractivity contribution in [3.63, 3.8) is 0 Å². The molecule has 2 N–H and O–H groups in total. The van der Waals surface area contributed by atoms with Gasteiger partial charge in [-0.3, -0.25) is 4.79 Å². The standard InChI is InChI=1S/C16H12F3N3O6S2/c1-7-4-9(20-27-7)8-6-15(8,14(23)24)22-30(25,26)13-3-2-11(29-13)10-5-12(28-21-10)16(17,18)19/h2-5,8,22H,6H2,1H3,(H,23,24)/t8-,15+/m0/s1. The number of rotatable bonds is 6. The van der Waals surface area contributed by atoms with Crippen molar-refractivity contribution < 1.29 is 40.5 Å². The highest BCUT2D eigenvalue weighted by molar-refractivity contribution is 7.91. The zero-order chi connectivity index (χ0) is 21.9. The number of hydrogen-bond acceptors (Lipinski definition) is 8. The first-order valence-electron chi connectivity index (χ1n) is 8.27. The van der Waals surface area contributed by atoms with Crippen LogP contribution in [0.2, 0.25) is 0 Å². The molecule has 160 valence electrons. The van der Waals surface area contributed by atoms with Crippen molar-refractivity contribution >= 4 is 27.3 Å². The Morgan fingerprint density at radius 1 is 1.30 bits per heavy atom. The number of halogens is 3.